The van der Waals surface area contributed by atoms with Gasteiger partial charge in [-0.1, -0.05) is 23.7 Å². The van der Waals surface area contributed by atoms with Crippen molar-refractivity contribution in [2.24, 2.45) is 0 Å². The molecule has 0 radical (unpaired) electrons. The van der Waals surface area contributed by atoms with Crippen LogP contribution in [0.3, 0.4) is 0 Å². The van der Waals surface area contributed by atoms with Gasteiger partial charge in [-0.15, -0.1) is 0 Å². The summed E-state index contributed by atoms with van der Waals surface area (Å²) in [4.78, 5) is 20.6. The normalized spacial score (nSPS) is 20.9. The van der Waals surface area contributed by atoms with E-state index in [1.165, 1.54) is 0 Å². The fourth-order valence-corrected chi connectivity index (χ4v) is 6.85. The van der Waals surface area contributed by atoms with E-state index < -0.39 is 5.95 Å². The molecular formula is C30H34ClFN8O. The monoisotopic (exact) mass is 576 g/mol. The Morgan fingerprint density at radius 2 is 2.05 bits per heavy atom. The largest absolute Gasteiger partial charge is 0.462 e. The van der Waals surface area contributed by atoms with Crippen LogP contribution in [-0.4, -0.2) is 63.2 Å². The smallest absolute Gasteiger partial charge is 0.318 e. The van der Waals surface area contributed by atoms with Crippen LogP contribution in [0.25, 0.3) is 10.8 Å². The average Bonchev–Trinajstić information content (AvgIpc) is 3.54. The first-order chi connectivity index (χ1) is 19.9. The van der Waals surface area contributed by atoms with Crippen LogP contribution < -0.4 is 20.3 Å². The highest BCUT2D eigenvalue weighted by Crippen LogP contribution is 2.39. The highest BCUT2D eigenvalue weighted by Gasteiger charge is 2.33. The maximum absolute atomic E-state index is 14.6. The molecule has 7 rings (SSSR count). The SMILES string of the molecule is C[C@@H]1Cn2cnc(F)c2CN1c1nc(OC[C@@H]2CCCN2C)nc2c1CCN(c1cc(N)cc3cccc(Cl)c13)C2. The van der Waals surface area contributed by atoms with Gasteiger partial charge in [-0.05, 0) is 63.4 Å². The zero-order valence-corrected chi connectivity index (χ0v) is 24.1. The number of nitrogens with two attached hydrogens (primary N) is 1. The molecule has 4 aromatic rings. The number of nitrogen functional groups attached to an aromatic ring is 1. The number of hydrogen-bond donors (Lipinski definition) is 1. The number of rotatable bonds is 5. The molecule has 3 aliphatic rings. The van der Waals surface area contributed by atoms with Gasteiger partial charge in [0.1, 0.15) is 12.4 Å². The molecule has 1 fully saturated rings. The average molecular weight is 577 g/mol. The van der Waals surface area contributed by atoms with Gasteiger partial charge in [-0.3, -0.25) is 0 Å². The summed E-state index contributed by atoms with van der Waals surface area (Å²) in [5, 5.41) is 2.68. The van der Waals surface area contributed by atoms with E-state index in [9.17, 15) is 4.39 Å². The number of nitrogens with zero attached hydrogens (tertiary/aromatic N) is 7. The van der Waals surface area contributed by atoms with Crippen molar-refractivity contribution in [1.82, 2.24) is 24.4 Å². The summed E-state index contributed by atoms with van der Waals surface area (Å²) in [6, 6.07) is 10.6. The molecule has 0 unspecified atom stereocenters. The fraction of sp³-hybridized carbons (Fsp3) is 0.433. The molecule has 0 saturated carbocycles. The van der Waals surface area contributed by atoms with Crippen molar-refractivity contribution in [3.05, 3.63) is 64.6 Å². The number of aromatic nitrogens is 4. The van der Waals surface area contributed by atoms with Gasteiger partial charge in [0.25, 0.3) is 0 Å². The minimum Gasteiger partial charge on any atom is -0.462 e. The van der Waals surface area contributed by atoms with Crippen LogP contribution in [0, 0.1) is 5.95 Å². The summed E-state index contributed by atoms with van der Waals surface area (Å²) in [7, 11) is 2.13. The molecule has 2 atom stereocenters. The molecule has 2 N–H and O–H groups in total. The Bertz CT molecular complexity index is 1630. The standard InChI is InChI=1S/C30H34ClFN8O/c1-18-13-39-17-34-28(32)26(39)15-40(18)29-22-8-10-38(25-12-20(33)11-19-5-3-7-23(31)27(19)25)14-24(22)35-30(36-29)41-16-21-6-4-9-37(21)2/h3,5,7,11-12,17-18,21H,4,6,8-10,13-16,33H2,1-2H3/t18-,21+/m1/s1. The van der Waals surface area contributed by atoms with Crippen LogP contribution in [0.5, 0.6) is 6.01 Å². The molecule has 9 nitrogen and oxygen atoms in total. The molecular weight excluding hydrogens is 543 g/mol. The van der Waals surface area contributed by atoms with Gasteiger partial charge in [0.05, 0.1) is 35.8 Å². The van der Waals surface area contributed by atoms with Gasteiger partial charge in [-0.25, -0.2) is 4.98 Å². The lowest BCUT2D eigenvalue weighted by atomic mass is 10.0. The van der Waals surface area contributed by atoms with E-state index in [4.69, 9.17) is 32.0 Å². The number of hydrogen-bond acceptors (Lipinski definition) is 8. The second kappa shape index (κ2) is 10.3. The van der Waals surface area contributed by atoms with Crippen molar-refractivity contribution in [1.29, 1.82) is 0 Å². The van der Waals surface area contributed by atoms with Crippen LogP contribution in [0.2, 0.25) is 5.02 Å². The summed E-state index contributed by atoms with van der Waals surface area (Å²) in [6.45, 7) is 6.07. The maximum Gasteiger partial charge on any atom is 0.318 e. The van der Waals surface area contributed by atoms with Crippen molar-refractivity contribution >= 4 is 39.6 Å². The van der Waals surface area contributed by atoms with Crippen LogP contribution in [0.15, 0.2) is 36.7 Å². The van der Waals surface area contributed by atoms with Gasteiger partial charge in [0.15, 0.2) is 0 Å². The number of halogens is 2. The predicted octanol–water partition coefficient (Wildman–Crippen LogP) is 4.65. The Hall–Kier alpha value is -3.63. The summed E-state index contributed by atoms with van der Waals surface area (Å²) < 4.78 is 22.8. The molecule has 214 valence electrons. The Labute approximate surface area is 243 Å². The third-order valence-corrected chi connectivity index (χ3v) is 9.16. The summed E-state index contributed by atoms with van der Waals surface area (Å²) in [5.41, 5.74) is 10.6. The van der Waals surface area contributed by atoms with Crippen molar-refractivity contribution in [3.8, 4) is 6.01 Å². The zero-order valence-electron chi connectivity index (χ0n) is 23.4. The quantitative estimate of drug-likeness (QED) is 0.344. The number of imidazole rings is 1. The topological polar surface area (TPSA) is 88.6 Å². The highest BCUT2D eigenvalue weighted by molar-refractivity contribution is 6.36. The van der Waals surface area contributed by atoms with Crippen molar-refractivity contribution in [2.45, 2.75) is 57.9 Å². The molecule has 0 bridgehead atoms. The molecule has 0 aliphatic carbocycles. The van der Waals surface area contributed by atoms with E-state index in [1.54, 1.807) is 6.33 Å². The van der Waals surface area contributed by atoms with Crippen molar-refractivity contribution < 1.29 is 9.13 Å². The second-order valence-corrected chi connectivity index (χ2v) is 11.9. The van der Waals surface area contributed by atoms with E-state index >= 15 is 0 Å². The molecule has 2 aromatic carbocycles. The van der Waals surface area contributed by atoms with Crippen LogP contribution in [0.1, 0.15) is 36.7 Å². The van der Waals surface area contributed by atoms with E-state index in [-0.39, 0.29) is 6.04 Å². The predicted molar refractivity (Wildman–Crippen MR) is 159 cm³/mol. The number of fused-ring (bicyclic) bond motifs is 3. The van der Waals surface area contributed by atoms with Crippen molar-refractivity contribution in [3.63, 3.8) is 0 Å². The third kappa shape index (κ3) is 4.72. The molecule has 3 aliphatic heterocycles. The van der Waals surface area contributed by atoms with Crippen LogP contribution >= 0.6 is 11.6 Å². The lowest BCUT2D eigenvalue weighted by Gasteiger charge is -2.38. The maximum atomic E-state index is 14.6. The minimum atomic E-state index is -0.429. The lowest BCUT2D eigenvalue weighted by molar-refractivity contribution is 0.187. The molecule has 1 saturated heterocycles. The first kappa shape index (κ1) is 26.3. The lowest BCUT2D eigenvalue weighted by Crippen LogP contribution is -2.43. The molecule has 5 heterocycles. The first-order valence-corrected chi connectivity index (χ1v) is 14.6. The van der Waals surface area contributed by atoms with Crippen LogP contribution in [0.4, 0.5) is 21.6 Å². The molecule has 0 spiro atoms. The molecule has 11 heteroatoms. The van der Waals surface area contributed by atoms with Gasteiger partial charge in [0.2, 0.25) is 5.95 Å². The number of benzene rings is 2. The van der Waals surface area contributed by atoms with Gasteiger partial charge >= 0.3 is 6.01 Å². The first-order valence-electron chi connectivity index (χ1n) is 14.3. The van der Waals surface area contributed by atoms with E-state index in [0.29, 0.717) is 54.7 Å². The second-order valence-electron chi connectivity index (χ2n) is 11.5. The fourth-order valence-electron chi connectivity index (χ4n) is 6.57. The Kier molecular flexibility index (Phi) is 6.62. The van der Waals surface area contributed by atoms with E-state index in [2.05, 4.69) is 33.7 Å². The van der Waals surface area contributed by atoms with Gasteiger partial charge in [-0.2, -0.15) is 14.4 Å². The molecule has 41 heavy (non-hydrogen) atoms. The highest BCUT2D eigenvalue weighted by atomic mass is 35.5. The third-order valence-electron chi connectivity index (χ3n) is 8.85. The van der Waals surface area contributed by atoms with Gasteiger partial charge < -0.3 is 29.7 Å². The Morgan fingerprint density at radius 1 is 1.17 bits per heavy atom. The molecule has 0 amide bonds. The summed E-state index contributed by atoms with van der Waals surface area (Å²) >= 11 is 6.70. The zero-order chi connectivity index (χ0) is 28.2. The summed E-state index contributed by atoms with van der Waals surface area (Å²) in [6.07, 6.45) is 4.57. The number of ether oxygens (including phenoxy) is 1. The number of anilines is 3. The van der Waals surface area contributed by atoms with Crippen molar-refractivity contribution in [2.75, 3.05) is 42.3 Å². The van der Waals surface area contributed by atoms with E-state index in [1.807, 2.05) is 34.9 Å². The summed E-state index contributed by atoms with van der Waals surface area (Å²) in [5.74, 6) is 0.390. The number of likely N-dealkylation sites (N-methyl/N-ethyl adjacent to an activating group) is 1. The Morgan fingerprint density at radius 3 is 2.88 bits per heavy atom. The number of likely N-dealkylation sites (tertiary alicyclic amines) is 1. The van der Waals surface area contributed by atoms with E-state index in [0.717, 1.165) is 65.9 Å². The van der Waals surface area contributed by atoms with Gasteiger partial charge in [0, 0.05) is 47.5 Å². The van der Waals surface area contributed by atoms with Crippen LogP contribution in [-0.2, 0) is 26.1 Å². The molecule has 2 aromatic heterocycles. The minimum absolute atomic E-state index is 0.0959. The Balaban J connectivity index is 1.27.